The number of hydrogen-bond acceptors (Lipinski definition) is 2. The van der Waals surface area contributed by atoms with Gasteiger partial charge in [0, 0.05) is 24.2 Å². The van der Waals surface area contributed by atoms with E-state index in [0.717, 1.165) is 30.5 Å². The van der Waals surface area contributed by atoms with Crippen molar-refractivity contribution in [2.75, 3.05) is 19.6 Å². The van der Waals surface area contributed by atoms with Crippen LogP contribution in [0.15, 0.2) is 29.8 Å². The van der Waals surface area contributed by atoms with Gasteiger partial charge in [-0.1, -0.05) is 12.1 Å². The van der Waals surface area contributed by atoms with Gasteiger partial charge in [0.1, 0.15) is 5.82 Å². The Labute approximate surface area is 154 Å². The Morgan fingerprint density at radius 1 is 1.04 bits per heavy atom. The first-order chi connectivity index (χ1) is 12.7. The fraction of sp³-hybridized carbons (Fsp3) is 0.591. The van der Waals surface area contributed by atoms with Crippen LogP contribution < -0.4 is 0 Å². The number of piperidine rings is 4. The molecule has 4 heteroatoms. The summed E-state index contributed by atoms with van der Waals surface area (Å²) in [6, 6.07) is 7.59. The number of amides is 1. The largest absolute Gasteiger partial charge is 0.335 e. The summed E-state index contributed by atoms with van der Waals surface area (Å²) < 4.78 is 13.1. The minimum atomic E-state index is -0.233. The van der Waals surface area contributed by atoms with Crippen molar-refractivity contribution < 1.29 is 9.18 Å². The van der Waals surface area contributed by atoms with E-state index in [0.29, 0.717) is 23.9 Å². The minimum absolute atomic E-state index is 0.228. The van der Waals surface area contributed by atoms with E-state index in [4.69, 9.17) is 0 Å². The topological polar surface area (TPSA) is 23.6 Å². The summed E-state index contributed by atoms with van der Waals surface area (Å²) in [7, 11) is 0. The highest BCUT2D eigenvalue weighted by molar-refractivity contribution is 5.98. The summed E-state index contributed by atoms with van der Waals surface area (Å²) >= 11 is 0. The van der Waals surface area contributed by atoms with E-state index in [-0.39, 0.29) is 11.7 Å². The standard InChI is InChI=1S/C22H27FN2O/c23-18-8-5-15(6-9-18)13-16-7-10-20-19-4-2-12-24-11-1-3-17(21(19)24)14-25(20)22(16)26/h5-6,8-9,13,17,19-21H,1-4,7,10-12,14H2/b16-13+/t17-,19+,20+,21-/m0/s1. The zero-order valence-electron chi connectivity index (χ0n) is 15.2. The molecule has 3 nitrogen and oxygen atoms in total. The van der Waals surface area contributed by atoms with Crippen LogP contribution in [0.4, 0.5) is 4.39 Å². The Hall–Kier alpha value is -1.68. The second-order valence-electron chi connectivity index (χ2n) is 8.52. The second kappa shape index (κ2) is 6.49. The number of carbonyl (C=O) groups excluding carboxylic acids is 1. The first kappa shape index (κ1) is 16.5. The predicted molar refractivity (Wildman–Crippen MR) is 99.9 cm³/mol. The molecule has 4 fully saturated rings. The monoisotopic (exact) mass is 354 g/mol. The van der Waals surface area contributed by atoms with Crippen LogP contribution in [-0.4, -0.2) is 47.4 Å². The third-order valence-electron chi connectivity index (χ3n) is 7.13. The Kier molecular flexibility index (Phi) is 4.11. The average molecular weight is 354 g/mol. The molecule has 4 aliphatic rings. The van der Waals surface area contributed by atoms with Crippen LogP contribution in [0.2, 0.25) is 0 Å². The van der Waals surface area contributed by atoms with Crippen molar-refractivity contribution in [3.05, 3.63) is 41.2 Å². The van der Waals surface area contributed by atoms with Crippen molar-refractivity contribution in [3.8, 4) is 0 Å². The van der Waals surface area contributed by atoms with Crippen LogP contribution in [0.25, 0.3) is 6.08 Å². The Bertz CT molecular complexity index is 726. The maximum absolute atomic E-state index is 13.2. The Balaban J connectivity index is 1.41. The highest BCUT2D eigenvalue weighted by Gasteiger charge is 2.51. The van der Waals surface area contributed by atoms with Gasteiger partial charge in [0.15, 0.2) is 0 Å². The molecule has 4 saturated heterocycles. The van der Waals surface area contributed by atoms with Gasteiger partial charge < -0.3 is 4.90 Å². The molecule has 0 aromatic heterocycles. The van der Waals surface area contributed by atoms with Crippen LogP contribution in [-0.2, 0) is 4.79 Å². The molecule has 5 rings (SSSR count). The van der Waals surface area contributed by atoms with Crippen molar-refractivity contribution >= 4 is 12.0 Å². The van der Waals surface area contributed by atoms with Crippen LogP contribution in [0, 0.1) is 17.7 Å². The van der Waals surface area contributed by atoms with Gasteiger partial charge in [-0.3, -0.25) is 9.69 Å². The molecule has 1 amide bonds. The lowest BCUT2D eigenvalue weighted by Gasteiger charge is -2.58. The van der Waals surface area contributed by atoms with E-state index >= 15 is 0 Å². The molecule has 0 unspecified atom stereocenters. The summed E-state index contributed by atoms with van der Waals surface area (Å²) in [5.41, 5.74) is 1.82. The summed E-state index contributed by atoms with van der Waals surface area (Å²) in [5, 5.41) is 0. The molecule has 4 aliphatic heterocycles. The van der Waals surface area contributed by atoms with Gasteiger partial charge in [-0.25, -0.2) is 4.39 Å². The minimum Gasteiger partial charge on any atom is -0.335 e. The molecular weight excluding hydrogens is 327 g/mol. The zero-order chi connectivity index (χ0) is 17.7. The molecule has 0 spiro atoms. The van der Waals surface area contributed by atoms with Crippen molar-refractivity contribution in [2.24, 2.45) is 11.8 Å². The van der Waals surface area contributed by atoms with Crippen molar-refractivity contribution in [3.63, 3.8) is 0 Å². The van der Waals surface area contributed by atoms with Crippen molar-refractivity contribution in [1.29, 1.82) is 0 Å². The molecular formula is C22H27FN2O. The molecule has 1 aromatic rings. The maximum Gasteiger partial charge on any atom is 0.250 e. The van der Waals surface area contributed by atoms with E-state index in [1.165, 1.54) is 50.9 Å². The fourth-order valence-corrected chi connectivity index (χ4v) is 6.09. The van der Waals surface area contributed by atoms with Crippen LogP contribution >= 0.6 is 0 Å². The van der Waals surface area contributed by atoms with Crippen LogP contribution in [0.5, 0.6) is 0 Å². The average Bonchev–Trinajstić information content (AvgIpc) is 2.67. The highest BCUT2D eigenvalue weighted by Crippen LogP contribution is 2.45. The van der Waals surface area contributed by atoms with E-state index in [1.807, 2.05) is 6.08 Å². The lowest BCUT2D eigenvalue weighted by molar-refractivity contribution is -0.145. The number of hydrogen-bond donors (Lipinski definition) is 0. The van der Waals surface area contributed by atoms with E-state index in [9.17, 15) is 9.18 Å². The fourth-order valence-electron chi connectivity index (χ4n) is 6.09. The van der Waals surface area contributed by atoms with E-state index in [1.54, 1.807) is 12.1 Å². The van der Waals surface area contributed by atoms with Crippen LogP contribution in [0.1, 0.15) is 44.1 Å². The van der Waals surface area contributed by atoms with E-state index < -0.39 is 0 Å². The molecule has 0 bridgehead atoms. The number of nitrogens with zero attached hydrogens (tertiary/aromatic N) is 2. The predicted octanol–water partition coefficient (Wildman–Crippen LogP) is 3.70. The van der Waals surface area contributed by atoms with Gasteiger partial charge in [-0.2, -0.15) is 0 Å². The van der Waals surface area contributed by atoms with Crippen molar-refractivity contribution in [1.82, 2.24) is 9.80 Å². The Morgan fingerprint density at radius 3 is 2.62 bits per heavy atom. The molecule has 0 N–H and O–H groups in total. The number of fused-ring (bicyclic) bond motifs is 2. The second-order valence-corrected chi connectivity index (χ2v) is 8.52. The Morgan fingerprint density at radius 2 is 1.81 bits per heavy atom. The number of halogens is 1. The molecule has 0 saturated carbocycles. The third-order valence-corrected chi connectivity index (χ3v) is 7.13. The lowest BCUT2D eigenvalue weighted by Crippen LogP contribution is -2.66. The molecule has 4 atom stereocenters. The lowest BCUT2D eigenvalue weighted by atomic mass is 9.67. The van der Waals surface area contributed by atoms with Crippen molar-refractivity contribution in [2.45, 2.75) is 50.6 Å². The summed E-state index contributed by atoms with van der Waals surface area (Å²) in [4.78, 5) is 18.2. The molecule has 1 aromatic carbocycles. The summed E-state index contributed by atoms with van der Waals surface area (Å²) in [5.74, 6) is 1.31. The molecule has 0 aliphatic carbocycles. The highest BCUT2D eigenvalue weighted by atomic mass is 19.1. The molecule has 4 heterocycles. The van der Waals surface area contributed by atoms with Gasteiger partial charge in [0.2, 0.25) is 5.91 Å². The third kappa shape index (κ3) is 2.70. The van der Waals surface area contributed by atoms with Gasteiger partial charge in [-0.15, -0.1) is 0 Å². The van der Waals surface area contributed by atoms with Gasteiger partial charge >= 0.3 is 0 Å². The van der Waals surface area contributed by atoms with Gasteiger partial charge in [0.25, 0.3) is 0 Å². The quantitative estimate of drug-likeness (QED) is 0.718. The molecule has 138 valence electrons. The first-order valence-electron chi connectivity index (χ1n) is 10.2. The summed E-state index contributed by atoms with van der Waals surface area (Å²) in [6.45, 7) is 3.45. The smallest absolute Gasteiger partial charge is 0.250 e. The maximum atomic E-state index is 13.2. The van der Waals surface area contributed by atoms with Gasteiger partial charge in [0.05, 0.1) is 0 Å². The SMILES string of the molecule is O=C1/C(=C/c2ccc(F)cc2)CC[C@@H]2[C@H]3CCCN4CCC[C@@H](CN12)[C@@H]34. The van der Waals surface area contributed by atoms with Gasteiger partial charge in [-0.05, 0) is 87.2 Å². The van der Waals surface area contributed by atoms with E-state index in [2.05, 4.69) is 9.80 Å². The first-order valence-corrected chi connectivity index (χ1v) is 10.2. The number of carbonyl (C=O) groups is 1. The normalized spacial score (nSPS) is 36.0. The van der Waals surface area contributed by atoms with Crippen LogP contribution in [0.3, 0.4) is 0 Å². The number of rotatable bonds is 1. The summed E-state index contributed by atoms with van der Waals surface area (Å²) in [6.07, 6.45) is 9.02. The molecule has 0 radical (unpaired) electrons. The molecule has 26 heavy (non-hydrogen) atoms. The number of benzene rings is 1. The zero-order valence-corrected chi connectivity index (χ0v) is 15.2.